The number of aromatic nitrogens is 1. The van der Waals surface area contributed by atoms with E-state index < -0.39 is 29.0 Å². The quantitative estimate of drug-likeness (QED) is 0.860. The number of piperidine rings is 1. The van der Waals surface area contributed by atoms with Crippen LogP contribution in [-0.2, 0) is 6.42 Å². The van der Waals surface area contributed by atoms with Crippen molar-refractivity contribution in [2.45, 2.75) is 38.8 Å². The van der Waals surface area contributed by atoms with Crippen molar-refractivity contribution in [2.24, 2.45) is 5.92 Å². The van der Waals surface area contributed by atoms with Gasteiger partial charge in [-0.25, -0.2) is 9.18 Å². The number of hydrogen-bond donors (Lipinski definition) is 2. The molecule has 1 fully saturated rings. The number of carbonyl (C=O) groups is 1. The molecular weight excluding hydrogens is 339 g/mol. The molecule has 1 aromatic heterocycles. The molecule has 2 aromatic rings. The fourth-order valence-electron chi connectivity index (χ4n) is 4.17. The number of pyridine rings is 1. The van der Waals surface area contributed by atoms with E-state index in [-0.39, 0.29) is 5.39 Å². The zero-order valence-corrected chi connectivity index (χ0v) is 14.5. The smallest absolute Gasteiger partial charge is 0.341 e. The first-order valence-corrected chi connectivity index (χ1v) is 8.95. The van der Waals surface area contributed by atoms with Crippen molar-refractivity contribution in [1.29, 1.82) is 0 Å². The summed E-state index contributed by atoms with van der Waals surface area (Å²) >= 11 is 0. The van der Waals surface area contributed by atoms with E-state index in [1.807, 2.05) is 4.90 Å². The number of rotatable bonds is 2. The van der Waals surface area contributed by atoms with Crippen LogP contribution in [0.25, 0.3) is 10.9 Å². The molecule has 0 bridgehead atoms. The van der Waals surface area contributed by atoms with Gasteiger partial charge in [-0.2, -0.15) is 0 Å². The monoisotopic (exact) mass is 360 g/mol. The number of aliphatic hydroxyl groups excluding tert-OH is 1. The van der Waals surface area contributed by atoms with Gasteiger partial charge in [0.1, 0.15) is 17.6 Å². The lowest BCUT2D eigenvalue weighted by Gasteiger charge is -2.36. The fourth-order valence-corrected chi connectivity index (χ4v) is 4.17. The van der Waals surface area contributed by atoms with E-state index in [0.29, 0.717) is 35.5 Å². The van der Waals surface area contributed by atoms with Gasteiger partial charge in [0.25, 0.3) is 0 Å². The van der Waals surface area contributed by atoms with Crippen molar-refractivity contribution in [3.05, 3.63) is 39.4 Å². The number of carboxylic acids is 1. The number of aliphatic hydroxyl groups is 1. The number of aromatic carboxylic acids is 1. The van der Waals surface area contributed by atoms with E-state index in [0.717, 1.165) is 32.0 Å². The van der Waals surface area contributed by atoms with Crippen LogP contribution in [0.4, 0.5) is 10.1 Å². The second-order valence-corrected chi connectivity index (χ2v) is 7.35. The molecule has 0 radical (unpaired) electrons. The molecule has 0 saturated carbocycles. The van der Waals surface area contributed by atoms with E-state index in [1.54, 1.807) is 0 Å². The normalized spacial score (nSPS) is 20.6. The van der Waals surface area contributed by atoms with Gasteiger partial charge in [-0.15, -0.1) is 0 Å². The number of nitrogens with zero attached hydrogens (tertiary/aromatic N) is 2. The molecule has 2 aliphatic rings. The molecule has 1 unspecified atom stereocenters. The van der Waals surface area contributed by atoms with Gasteiger partial charge in [-0.3, -0.25) is 4.79 Å². The first-order valence-electron chi connectivity index (χ1n) is 8.95. The van der Waals surface area contributed by atoms with Crippen LogP contribution < -0.4 is 10.3 Å². The highest BCUT2D eigenvalue weighted by molar-refractivity contribution is 5.95. The minimum absolute atomic E-state index is 0.0188. The zero-order chi connectivity index (χ0) is 18.6. The molecule has 0 amide bonds. The largest absolute Gasteiger partial charge is 0.477 e. The number of carboxylic acid groups (broad SMARTS) is 1. The van der Waals surface area contributed by atoms with Crippen LogP contribution in [-0.4, -0.2) is 33.8 Å². The van der Waals surface area contributed by atoms with Crippen molar-refractivity contribution >= 4 is 22.6 Å². The number of aryl methyl sites for hydroxylation is 1. The van der Waals surface area contributed by atoms with Gasteiger partial charge in [0.2, 0.25) is 5.43 Å². The van der Waals surface area contributed by atoms with Gasteiger partial charge in [-0.1, -0.05) is 6.92 Å². The van der Waals surface area contributed by atoms with E-state index in [9.17, 15) is 19.8 Å². The maximum atomic E-state index is 15.0. The first kappa shape index (κ1) is 17.0. The summed E-state index contributed by atoms with van der Waals surface area (Å²) in [5.41, 5.74) is 0.468. The molecule has 0 aliphatic carbocycles. The molecule has 1 saturated heterocycles. The summed E-state index contributed by atoms with van der Waals surface area (Å²) in [6, 6.07) is 1.13. The maximum Gasteiger partial charge on any atom is 0.341 e. The van der Waals surface area contributed by atoms with Gasteiger partial charge in [-0.05, 0) is 37.7 Å². The van der Waals surface area contributed by atoms with Crippen LogP contribution in [0.15, 0.2) is 17.1 Å². The standard InChI is InChI=1S/C19H21FN2O4/c1-10-4-6-21(7-5-10)17-11-2-3-15(23)22-9-13(19(25)26)18(24)12(16(11)22)8-14(17)20/h8-10,15,23H,2-7H2,1H3,(H,25,26). The number of benzene rings is 1. The lowest BCUT2D eigenvalue weighted by Crippen LogP contribution is -2.35. The third-order valence-corrected chi connectivity index (χ3v) is 5.64. The number of halogens is 1. The summed E-state index contributed by atoms with van der Waals surface area (Å²) in [6.45, 7) is 3.67. The highest BCUT2D eigenvalue weighted by Crippen LogP contribution is 2.38. The second-order valence-electron chi connectivity index (χ2n) is 7.35. The van der Waals surface area contributed by atoms with Crippen LogP contribution in [0, 0.1) is 11.7 Å². The van der Waals surface area contributed by atoms with Gasteiger partial charge in [0.05, 0.1) is 11.2 Å². The molecule has 2 aliphatic heterocycles. The highest BCUT2D eigenvalue weighted by atomic mass is 19.1. The summed E-state index contributed by atoms with van der Waals surface area (Å²) in [5.74, 6) is -1.27. The zero-order valence-electron chi connectivity index (χ0n) is 14.5. The van der Waals surface area contributed by atoms with Crippen molar-refractivity contribution in [3.8, 4) is 0 Å². The average molecular weight is 360 g/mol. The topological polar surface area (TPSA) is 82.8 Å². The van der Waals surface area contributed by atoms with E-state index in [4.69, 9.17) is 0 Å². The number of hydrogen-bond acceptors (Lipinski definition) is 4. The Morgan fingerprint density at radius 3 is 2.62 bits per heavy atom. The van der Waals surface area contributed by atoms with Crippen LogP contribution in [0.1, 0.15) is 48.3 Å². The van der Waals surface area contributed by atoms with Gasteiger partial charge >= 0.3 is 5.97 Å². The summed E-state index contributed by atoms with van der Waals surface area (Å²) < 4.78 is 16.4. The van der Waals surface area contributed by atoms with E-state index >= 15 is 4.39 Å². The molecule has 3 heterocycles. The van der Waals surface area contributed by atoms with E-state index in [2.05, 4.69) is 6.92 Å². The summed E-state index contributed by atoms with van der Waals surface area (Å²) in [5, 5.41) is 19.6. The third kappa shape index (κ3) is 2.49. The number of anilines is 1. The van der Waals surface area contributed by atoms with Gasteiger partial charge in [0.15, 0.2) is 0 Å². The fraction of sp³-hybridized carbons (Fsp3) is 0.474. The van der Waals surface area contributed by atoms with Gasteiger partial charge in [0, 0.05) is 30.2 Å². The minimum Gasteiger partial charge on any atom is -0.477 e. The summed E-state index contributed by atoms with van der Waals surface area (Å²) in [7, 11) is 0. The lowest BCUT2D eigenvalue weighted by molar-refractivity contribution is 0.0689. The van der Waals surface area contributed by atoms with Crippen molar-refractivity contribution in [2.75, 3.05) is 18.0 Å². The lowest BCUT2D eigenvalue weighted by atomic mass is 9.93. The third-order valence-electron chi connectivity index (χ3n) is 5.64. The SMILES string of the molecule is CC1CCN(c2c(F)cc3c(=O)c(C(=O)O)cn4c3c2CCC4O)CC1. The van der Waals surface area contributed by atoms with Crippen LogP contribution in [0.3, 0.4) is 0 Å². The Labute approximate surface area is 149 Å². The highest BCUT2D eigenvalue weighted by Gasteiger charge is 2.30. The summed E-state index contributed by atoms with van der Waals surface area (Å²) in [6.07, 6.45) is 3.01. The van der Waals surface area contributed by atoms with Crippen LogP contribution in [0.5, 0.6) is 0 Å². The van der Waals surface area contributed by atoms with Crippen molar-refractivity contribution in [1.82, 2.24) is 4.57 Å². The first-order chi connectivity index (χ1) is 12.4. The molecule has 26 heavy (non-hydrogen) atoms. The Bertz CT molecular complexity index is 960. The molecule has 7 heteroatoms. The Balaban J connectivity index is 2.00. The molecule has 2 N–H and O–H groups in total. The predicted octanol–water partition coefficient (Wildman–Crippen LogP) is 2.51. The Kier molecular flexibility index (Phi) is 3.99. The maximum absolute atomic E-state index is 15.0. The Hall–Kier alpha value is -2.41. The molecule has 6 nitrogen and oxygen atoms in total. The van der Waals surface area contributed by atoms with Crippen molar-refractivity contribution < 1.29 is 19.4 Å². The van der Waals surface area contributed by atoms with Gasteiger partial charge < -0.3 is 19.7 Å². The minimum atomic E-state index is -1.38. The molecule has 4 rings (SSSR count). The Morgan fingerprint density at radius 2 is 1.96 bits per heavy atom. The molecule has 1 aromatic carbocycles. The molecule has 0 spiro atoms. The molecule has 1 atom stereocenters. The predicted molar refractivity (Wildman–Crippen MR) is 95.3 cm³/mol. The Morgan fingerprint density at radius 1 is 1.27 bits per heavy atom. The molecule has 138 valence electrons. The van der Waals surface area contributed by atoms with Crippen molar-refractivity contribution in [3.63, 3.8) is 0 Å². The van der Waals surface area contributed by atoms with Crippen LogP contribution >= 0.6 is 0 Å². The van der Waals surface area contributed by atoms with Crippen LogP contribution in [0.2, 0.25) is 0 Å². The average Bonchev–Trinajstić information content (AvgIpc) is 2.60. The van der Waals surface area contributed by atoms with E-state index in [1.165, 1.54) is 10.8 Å². The summed E-state index contributed by atoms with van der Waals surface area (Å²) in [4.78, 5) is 25.9. The molecular formula is C19H21FN2O4. The second kappa shape index (κ2) is 6.09.